The van der Waals surface area contributed by atoms with Gasteiger partial charge in [0, 0.05) is 49.3 Å². The van der Waals surface area contributed by atoms with E-state index in [1.54, 1.807) is 24.3 Å². The van der Waals surface area contributed by atoms with E-state index < -0.39 is 0 Å². The van der Waals surface area contributed by atoms with Crippen LogP contribution in [0.3, 0.4) is 0 Å². The van der Waals surface area contributed by atoms with Crippen molar-refractivity contribution in [1.82, 2.24) is 10.2 Å². The highest BCUT2D eigenvalue weighted by atomic mass is 35.5. The van der Waals surface area contributed by atoms with E-state index in [9.17, 15) is 14.4 Å². The summed E-state index contributed by atoms with van der Waals surface area (Å²) in [5, 5.41) is 6.28. The monoisotopic (exact) mass is 441 g/mol. The number of nitrogens with one attached hydrogen (secondary N) is 2. The smallest absolute Gasteiger partial charge is 0.253 e. The van der Waals surface area contributed by atoms with Gasteiger partial charge in [0.15, 0.2) is 0 Å². The molecule has 31 heavy (non-hydrogen) atoms. The molecule has 2 N–H and O–H groups in total. The molecule has 7 heteroatoms. The molecule has 0 radical (unpaired) electrons. The van der Waals surface area contributed by atoms with Crippen molar-refractivity contribution in [2.45, 2.75) is 39.2 Å². The second-order valence-electron chi connectivity index (χ2n) is 7.93. The molecule has 1 saturated heterocycles. The molecule has 1 heterocycles. The maximum Gasteiger partial charge on any atom is 0.253 e. The molecule has 1 atom stereocenters. The van der Waals surface area contributed by atoms with Crippen LogP contribution in [0.15, 0.2) is 48.5 Å². The van der Waals surface area contributed by atoms with Crippen LogP contribution < -0.4 is 10.6 Å². The molecular formula is C24H28ClN3O3. The molecule has 0 spiro atoms. The maximum absolute atomic E-state index is 12.9. The fourth-order valence-corrected chi connectivity index (χ4v) is 4.06. The van der Waals surface area contributed by atoms with Crippen LogP contribution in [0, 0.1) is 5.92 Å². The number of amides is 3. The van der Waals surface area contributed by atoms with Crippen LogP contribution in [0.1, 0.15) is 48.5 Å². The van der Waals surface area contributed by atoms with Crippen LogP contribution >= 0.6 is 11.6 Å². The van der Waals surface area contributed by atoms with Gasteiger partial charge in [-0.25, -0.2) is 0 Å². The third kappa shape index (κ3) is 6.82. The van der Waals surface area contributed by atoms with E-state index in [0.29, 0.717) is 48.2 Å². The molecule has 2 aromatic carbocycles. The number of halogens is 1. The molecule has 164 valence electrons. The van der Waals surface area contributed by atoms with Crippen molar-refractivity contribution in [1.29, 1.82) is 0 Å². The highest BCUT2D eigenvalue weighted by Crippen LogP contribution is 2.23. The molecule has 0 unspecified atom stereocenters. The van der Waals surface area contributed by atoms with E-state index in [2.05, 4.69) is 10.6 Å². The minimum absolute atomic E-state index is 0.00798. The van der Waals surface area contributed by atoms with Gasteiger partial charge in [-0.05, 0) is 55.0 Å². The van der Waals surface area contributed by atoms with Gasteiger partial charge in [0.25, 0.3) is 5.91 Å². The largest absolute Gasteiger partial charge is 0.352 e. The summed E-state index contributed by atoms with van der Waals surface area (Å²) in [5.74, 6) is 0.0733. The number of rotatable bonds is 7. The summed E-state index contributed by atoms with van der Waals surface area (Å²) in [6.07, 6.45) is 3.09. The molecule has 6 nitrogen and oxygen atoms in total. The Hall–Kier alpha value is -2.86. The lowest BCUT2D eigenvalue weighted by Gasteiger charge is -2.33. The molecule has 3 rings (SSSR count). The Balaban J connectivity index is 1.49. The predicted molar refractivity (Wildman–Crippen MR) is 122 cm³/mol. The van der Waals surface area contributed by atoms with Crippen molar-refractivity contribution >= 4 is 35.0 Å². The van der Waals surface area contributed by atoms with Crippen LogP contribution in [0.2, 0.25) is 5.02 Å². The minimum atomic E-state index is -0.171. The normalized spacial score (nSPS) is 15.9. The van der Waals surface area contributed by atoms with E-state index >= 15 is 0 Å². The highest BCUT2D eigenvalue weighted by Gasteiger charge is 2.25. The molecule has 0 aliphatic carbocycles. The first-order chi connectivity index (χ1) is 14.9. The van der Waals surface area contributed by atoms with Crippen LogP contribution in [0.25, 0.3) is 0 Å². The molecule has 1 aliphatic heterocycles. The number of likely N-dealkylation sites (tertiary alicyclic amines) is 1. The van der Waals surface area contributed by atoms with Crippen LogP contribution in [0.4, 0.5) is 5.69 Å². The SMILES string of the molecule is CC(=O)Nc1cccc(C(=O)N2CCC[C@@H](CCC(=O)NCc3ccccc3Cl)C2)c1. The van der Waals surface area contributed by atoms with E-state index in [1.165, 1.54) is 6.92 Å². The quantitative estimate of drug-likeness (QED) is 0.674. The number of hydrogen-bond acceptors (Lipinski definition) is 3. The zero-order valence-corrected chi connectivity index (χ0v) is 18.5. The predicted octanol–water partition coefficient (Wildman–Crippen LogP) is 4.25. The summed E-state index contributed by atoms with van der Waals surface area (Å²) in [6.45, 7) is 3.20. The Kier molecular flexibility index (Phi) is 8.06. The Bertz CT molecular complexity index is 947. The molecule has 2 aromatic rings. The second kappa shape index (κ2) is 11.0. The number of piperidine rings is 1. The van der Waals surface area contributed by atoms with E-state index in [1.807, 2.05) is 29.2 Å². The van der Waals surface area contributed by atoms with Gasteiger partial charge in [0.05, 0.1) is 0 Å². The number of nitrogens with zero attached hydrogens (tertiary/aromatic N) is 1. The van der Waals surface area contributed by atoms with Crippen molar-refractivity contribution in [2.24, 2.45) is 5.92 Å². The number of carbonyl (C=O) groups is 3. The van der Waals surface area contributed by atoms with Crippen molar-refractivity contribution < 1.29 is 14.4 Å². The van der Waals surface area contributed by atoms with Gasteiger partial charge in [-0.2, -0.15) is 0 Å². The van der Waals surface area contributed by atoms with E-state index in [-0.39, 0.29) is 17.7 Å². The summed E-state index contributed by atoms with van der Waals surface area (Å²) in [5.41, 5.74) is 2.07. The summed E-state index contributed by atoms with van der Waals surface area (Å²) < 4.78 is 0. The summed E-state index contributed by atoms with van der Waals surface area (Å²) in [7, 11) is 0. The van der Waals surface area contributed by atoms with E-state index in [4.69, 9.17) is 11.6 Å². The average Bonchev–Trinajstić information content (AvgIpc) is 2.76. The summed E-state index contributed by atoms with van der Waals surface area (Å²) in [4.78, 5) is 38.3. The van der Waals surface area contributed by atoms with Crippen molar-refractivity contribution in [3.8, 4) is 0 Å². The zero-order chi connectivity index (χ0) is 22.2. The third-order valence-electron chi connectivity index (χ3n) is 5.45. The fourth-order valence-electron chi connectivity index (χ4n) is 3.86. The van der Waals surface area contributed by atoms with Gasteiger partial charge in [-0.15, -0.1) is 0 Å². The number of carbonyl (C=O) groups excluding carboxylic acids is 3. The Morgan fingerprint density at radius 2 is 1.94 bits per heavy atom. The Labute approximate surface area is 188 Å². The Morgan fingerprint density at radius 3 is 2.71 bits per heavy atom. The number of benzene rings is 2. The van der Waals surface area contributed by atoms with Crippen molar-refractivity contribution in [2.75, 3.05) is 18.4 Å². The second-order valence-corrected chi connectivity index (χ2v) is 8.34. The molecule has 0 bridgehead atoms. The maximum atomic E-state index is 12.9. The lowest BCUT2D eigenvalue weighted by atomic mass is 9.92. The van der Waals surface area contributed by atoms with Gasteiger partial charge >= 0.3 is 0 Å². The van der Waals surface area contributed by atoms with Gasteiger partial charge in [-0.3, -0.25) is 14.4 Å². The highest BCUT2D eigenvalue weighted by molar-refractivity contribution is 6.31. The lowest BCUT2D eigenvalue weighted by molar-refractivity contribution is -0.121. The molecular weight excluding hydrogens is 414 g/mol. The van der Waals surface area contributed by atoms with Gasteiger partial charge in [0.2, 0.25) is 11.8 Å². The van der Waals surface area contributed by atoms with Gasteiger partial charge in [-0.1, -0.05) is 35.9 Å². The van der Waals surface area contributed by atoms with Gasteiger partial charge < -0.3 is 15.5 Å². The molecule has 1 fully saturated rings. The Morgan fingerprint density at radius 1 is 1.13 bits per heavy atom. The minimum Gasteiger partial charge on any atom is -0.352 e. The fraction of sp³-hybridized carbons (Fsp3) is 0.375. The molecule has 1 aliphatic rings. The summed E-state index contributed by atoms with van der Waals surface area (Å²) >= 11 is 6.13. The first-order valence-electron chi connectivity index (χ1n) is 10.6. The van der Waals surface area contributed by atoms with Crippen molar-refractivity contribution in [3.05, 3.63) is 64.7 Å². The topological polar surface area (TPSA) is 78.5 Å². The van der Waals surface area contributed by atoms with Crippen molar-refractivity contribution in [3.63, 3.8) is 0 Å². The van der Waals surface area contributed by atoms with Gasteiger partial charge in [0.1, 0.15) is 0 Å². The number of hydrogen-bond donors (Lipinski definition) is 2. The van der Waals surface area contributed by atoms with Crippen LogP contribution in [-0.4, -0.2) is 35.7 Å². The van der Waals surface area contributed by atoms with Crippen LogP contribution in [0.5, 0.6) is 0 Å². The first-order valence-corrected chi connectivity index (χ1v) is 11.0. The average molecular weight is 442 g/mol. The number of anilines is 1. The molecule has 3 amide bonds. The zero-order valence-electron chi connectivity index (χ0n) is 17.7. The standard InChI is InChI=1S/C24H28ClN3O3/c1-17(29)27-21-9-4-8-19(14-21)24(31)28-13-5-6-18(16-28)11-12-23(30)26-15-20-7-2-3-10-22(20)25/h2-4,7-10,14,18H,5-6,11-13,15-16H2,1H3,(H,26,30)(H,27,29)/t18-/m0/s1. The molecule has 0 aromatic heterocycles. The first kappa shape index (κ1) is 22.8. The lowest BCUT2D eigenvalue weighted by Crippen LogP contribution is -2.40. The van der Waals surface area contributed by atoms with E-state index in [0.717, 1.165) is 24.8 Å². The van der Waals surface area contributed by atoms with Crippen LogP contribution in [-0.2, 0) is 16.1 Å². The molecule has 0 saturated carbocycles. The third-order valence-corrected chi connectivity index (χ3v) is 5.82. The summed E-state index contributed by atoms with van der Waals surface area (Å²) in [6, 6.07) is 14.5.